The van der Waals surface area contributed by atoms with Crippen molar-refractivity contribution in [3.05, 3.63) is 23.3 Å². The first kappa shape index (κ1) is 12.6. The first-order valence-electron chi connectivity index (χ1n) is 5.40. The smallest absolute Gasteiger partial charge is 0.139 e. The fourth-order valence-electron chi connectivity index (χ4n) is 2.02. The molecular formula is C13H20N2O. The number of hydrogen-bond acceptors (Lipinski definition) is 3. The number of benzene rings is 1. The lowest BCUT2D eigenvalue weighted by Gasteiger charge is -2.26. The highest BCUT2D eigenvalue weighted by Gasteiger charge is 2.12. The van der Waals surface area contributed by atoms with E-state index in [4.69, 9.17) is 0 Å². The maximum absolute atomic E-state index is 10.6. The SMILES string of the molecule is Cc1cc(C)c(N(C)C)c(N(C)CC=O)c1. The maximum atomic E-state index is 10.6. The Morgan fingerprint density at radius 3 is 2.31 bits per heavy atom. The number of carbonyl (C=O) groups excluding carboxylic acids is 1. The molecule has 0 heterocycles. The largest absolute Gasteiger partial charge is 0.376 e. The standard InChI is InChI=1S/C13H20N2O/c1-10-8-11(2)13(14(3)4)12(9-10)15(5)6-7-16/h7-9H,6H2,1-5H3. The van der Waals surface area contributed by atoms with Crippen LogP contribution < -0.4 is 9.80 Å². The normalized spacial score (nSPS) is 10.1. The minimum Gasteiger partial charge on any atom is -0.376 e. The van der Waals surface area contributed by atoms with Crippen LogP contribution >= 0.6 is 0 Å². The van der Waals surface area contributed by atoms with Crippen LogP contribution in [0.5, 0.6) is 0 Å². The Hall–Kier alpha value is -1.51. The Labute approximate surface area is 97.7 Å². The Morgan fingerprint density at radius 2 is 1.81 bits per heavy atom. The van der Waals surface area contributed by atoms with Gasteiger partial charge < -0.3 is 14.6 Å². The molecule has 1 aromatic carbocycles. The molecule has 0 aromatic heterocycles. The van der Waals surface area contributed by atoms with Gasteiger partial charge in [0, 0.05) is 21.1 Å². The summed E-state index contributed by atoms with van der Waals surface area (Å²) in [5.74, 6) is 0. The van der Waals surface area contributed by atoms with Gasteiger partial charge in [-0.1, -0.05) is 6.07 Å². The molecule has 0 radical (unpaired) electrons. The van der Waals surface area contributed by atoms with Crippen molar-refractivity contribution in [2.45, 2.75) is 13.8 Å². The molecule has 3 nitrogen and oxygen atoms in total. The molecule has 0 aliphatic rings. The molecule has 1 aromatic rings. The van der Waals surface area contributed by atoms with E-state index >= 15 is 0 Å². The van der Waals surface area contributed by atoms with Gasteiger partial charge in [-0.15, -0.1) is 0 Å². The van der Waals surface area contributed by atoms with Crippen molar-refractivity contribution >= 4 is 17.7 Å². The van der Waals surface area contributed by atoms with E-state index in [1.807, 2.05) is 26.0 Å². The van der Waals surface area contributed by atoms with Gasteiger partial charge in [-0.3, -0.25) is 0 Å². The molecule has 0 spiro atoms. The molecule has 0 saturated heterocycles. The van der Waals surface area contributed by atoms with E-state index in [9.17, 15) is 4.79 Å². The number of aldehydes is 1. The number of likely N-dealkylation sites (N-methyl/N-ethyl adjacent to an activating group) is 1. The molecule has 16 heavy (non-hydrogen) atoms. The van der Waals surface area contributed by atoms with Gasteiger partial charge in [0.25, 0.3) is 0 Å². The van der Waals surface area contributed by atoms with Gasteiger partial charge in [-0.2, -0.15) is 0 Å². The fourth-order valence-corrected chi connectivity index (χ4v) is 2.02. The average Bonchev–Trinajstić information content (AvgIpc) is 2.15. The molecule has 0 atom stereocenters. The summed E-state index contributed by atoms with van der Waals surface area (Å²) in [6, 6.07) is 4.28. The summed E-state index contributed by atoms with van der Waals surface area (Å²) in [5, 5.41) is 0. The van der Waals surface area contributed by atoms with Crippen LogP contribution in [-0.2, 0) is 4.79 Å². The third-order valence-electron chi connectivity index (χ3n) is 2.63. The Bertz CT molecular complexity index is 386. The van der Waals surface area contributed by atoms with Gasteiger partial charge in [-0.05, 0) is 31.0 Å². The fraction of sp³-hybridized carbons (Fsp3) is 0.462. The highest BCUT2D eigenvalue weighted by Crippen LogP contribution is 2.32. The summed E-state index contributed by atoms with van der Waals surface area (Å²) in [6.07, 6.45) is 0.928. The van der Waals surface area contributed by atoms with Crippen LogP contribution in [0.15, 0.2) is 12.1 Å². The average molecular weight is 220 g/mol. The lowest BCUT2D eigenvalue weighted by molar-refractivity contribution is -0.106. The van der Waals surface area contributed by atoms with Crippen LogP contribution in [0.4, 0.5) is 11.4 Å². The topological polar surface area (TPSA) is 23.6 Å². The number of anilines is 2. The van der Waals surface area contributed by atoms with E-state index in [-0.39, 0.29) is 0 Å². The minimum atomic E-state index is 0.420. The number of aryl methyl sites for hydroxylation is 2. The molecule has 0 saturated carbocycles. The summed E-state index contributed by atoms with van der Waals surface area (Å²) < 4.78 is 0. The first-order valence-corrected chi connectivity index (χ1v) is 5.40. The van der Waals surface area contributed by atoms with Gasteiger partial charge in [0.1, 0.15) is 6.29 Å². The zero-order chi connectivity index (χ0) is 12.3. The van der Waals surface area contributed by atoms with Crippen LogP contribution in [0, 0.1) is 13.8 Å². The van der Waals surface area contributed by atoms with E-state index in [0.29, 0.717) is 6.54 Å². The van der Waals surface area contributed by atoms with Crippen LogP contribution in [-0.4, -0.2) is 34.0 Å². The summed E-state index contributed by atoms with van der Waals surface area (Å²) in [6.45, 7) is 4.59. The van der Waals surface area contributed by atoms with Crippen LogP contribution in [0.25, 0.3) is 0 Å². The minimum absolute atomic E-state index is 0.420. The monoisotopic (exact) mass is 220 g/mol. The van der Waals surface area contributed by atoms with Crippen LogP contribution in [0.2, 0.25) is 0 Å². The van der Waals surface area contributed by atoms with Gasteiger partial charge in [0.15, 0.2) is 0 Å². The van der Waals surface area contributed by atoms with Crippen molar-refractivity contribution in [3.8, 4) is 0 Å². The number of nitrogens with zero attached hydrogens (tertiary/aromatic N) is 2. The van der Waals surface area contributed by atoms with E-state index in [1.165, 1.54) is 16.8 Å². The Morgan fingerprint density at radius 1 is 1.19 bits per heavy atom. The van der Waals surface area contributed by atoms with Crippen molar-refractivity contribution in [2.75, 3.05) is 37.5 Å². The molecule has 0 fully saturated rings. The van der Waals surface area contributed by atoms with Gasteiger partial charge in [0.2, 0.25) is 0 Å². The van der Waals surface area contributed by atoms with Crippen molar-refractivity contribution in [1.82, 2.24) is 0 Å². The predicted octanol–water partition coefficient (Wildman–Crippen LogP) is 2.00. The summed E-state index contributed by atoms with van der Waals surface area (Å²) >= 11 is 0. The number of rotatable bonds is 4. The van der Waals surface area contributed by atoms with Crippen LogP contribution in [0.1, 0.15) is 11.1 Å². The zero-order valence-electron chi connectivity index (χ0n) is 10.7. The molecule has 0 unspecified atom stereocenters. The molecule has 0 bridgehead atoms. The third-order valence-corrected chi connectivity index (χ3v) is 2.63. The van der Waals surface area contributed by atoms with Crippen molar-refractivity contribution in [3.63, 3.8) is 0 Å². The molecule has 88 valence electrons. The molecular weight excluding hydrogens is 200 g/mol. The first-order chi connectivity index (χ1) is 7.47. The van der Waals surface area contributed by atoms with Gasteiger partial charge >= 0.3 is 0 Å². The van der Waals surface area contributed by atoms with E-state index in [2.05, 4.69) is 30.9 Å². The number of hydrogen-bond donors (Lipinski definition) is 0. The second-order valence-corrected chi connectivity index (χ2v) is 4.39. The summed E-state index contributed by atoms with van der Waals surface area (Å²) in [7, 11) is 5.99. The number of carbonyl (C=O) groups is 1. The van der Waals surface area contributed by atoms with Gasteiger partial charge in [0.05, 0.1) is 17.9 Å². The predicted molar refractivity (Wildman–Crippen MR) is 69.6 cm³/mol. The van der Waals surface area contributed by atoms with Gasteiger partial charge in [-0.25, -0.2) is 0 Å². The molecule has 0 amide bonds. The van der Waals surface area contributed by atoms with E-state index in [1.54, 1.807) is 0 Å². The molecule has 3 heteroatoms. The lowest BCUT2D eigenvalue weighted by Crippen LogP contribution is -2.23. The third kappa shape index (κ3) is 2.54. The van der Waals surface area contributed by atoms with E-state index in [0.717, 1.165) is 12.0 Å². The Balaban J connectivity index is 3.28. The second-order valence-electron chi connectivity index (χ2n) is 4.39. The highest BCUT2D eigenvalue weighted by molar-refractivity contribution is 5.77. The van der Waals surface area contributed by atoms with Crippen molar-refractivity contribution in [1.29, 1.82) is 0 Å². The Kier molecular flexibility index (Phi) is 3.93. The quantitative estimate of drug-likeness (QED) is 0.725. The van der Waals surface area contributed by atoms with E-state index < -0.39 is 0 Å². The summed E-state index contributed by atoms with van der Waals surface area (Å²) in [4.78, 5) is 14.6. The summed E-state index contributed by atoms with van der Waals surface area (Å²) in [5.41, 5.74) is 4.73. The molecule has 0 aliphatic carbocycles. The molecule has 0 aliphatic heterocycles. The van der Waals surface area contributed by atoms with Crippen molar-refractivity contribution < 1.29 is 4.79 Å². The molecule has 1 rings (SSSR count). The van der Waals surface area contributed by atoms with Crippen molar-refractivity contribution in [2.24, 2.45) is 0 Å². The molecule has 0 N–H and O–H groups in total. The highest BCUT2D eigenvalue weighted by atomic mass is 16.1. The second kappa shape index (κ2) is 5.01. The maximum Gasteiger partial charge on any atom is 0.139 e. The lowest BCUT2D eigenvalue weighted by atomic mass is 10.1. The zero-order valence-corrected chi connectivity index (χ0v) is 10.7. The van der Waals surface area contributed by atoms with Crippen LogP contribution in [0.3, 0.4) is 0 Å².